The average Bonchev–Trinajstić information content (AvgIpc) is 3.40. The lowest BCUT2D eigenvalue weighted by Crippen LogP contribution is -2.60. The van der Waals surface area contributed by atoms with Crippen LogP contribution in [0.15, 0.2) is 81.6 Å². The minimum absolute atomic E-state index is 0.174. The van der Waals surface area contributed by atoms with Gasteiger partial charge in [-0.15, -0.1) is 0 Å². The maximum atomic E-state index is 12.3. The van der Waals surface area contributed by atoms with E-state index in [0.717, 1.165) is 123 Å². The fourth-order valence-electron chi connectivity index (χ4n) is 10.5. The summed E-state index contributed by atoms with van der Waals surface area (Å²) in [5, 5.41) is 23.8. The molecule has 76 heavy (non-hydrogen) atoms. The number of carboxylic acid groups (broad SMARTS) is 2. The van der Waals surface area contributed by atoms with Crippen LogP contribution in [0.1, 0.15) is 147 Å². The van der Waals surface area contributed by atoms with Gasteiger partial charge in [-0.2, -0.15) is 8.42 Å². The molecule has 2 aromatic rings. The highest BCUT2D eigenvalue weighted by atomic mass is 32.2. The van der Waals surface area contributed by atoms with Gasteiger partial charge >= 0.3 is 0 Å². The SMILES string of the molecule is CCCCC(CC)CC(CC(CC)CCCC)(C(=O)[O-])C(C(=O)[O-])S(=O)(=O)O.CCN(CC)c1ccc2nc3ccc(=[N+](CC)CC)cc-3oc2c1.CCN(CC)c1ccc2nc3ccc(=[N+](CC)CC)cc-3oc2c1. The van der Waals surface area contributed by atoms with Gasteiger partial charge in [-0.25, -0.2) is 19.1 Å². The molecule has 0 saturated carbocycles. The Labute approximate surface area is 452 Å². The molecule has 0 spiro atoms. The zero-order valence-corrected chi connectivity index (χ0v) is 48.5. The number of fused-ring (bicyclic) bond motifs is 4. The van der Waals surface area contributed by atoms with Gasteiger partial charge in [-0.1, -0.05) is 79.1 Å². The summed E-state index contributed by atoms with van der Waals surface area (Å²) in [6.07, 6.45) is 5.50. The van der Waals surface area contributed by atoms with Crippen molar-refractivity contribution in [3.05, 3.63) is 83.5 Å². The number of nitrogens with zero attached hydrogens (tertiary/aromatic N) is 6. The summed E-state index contributed by atoms with van der Waals surface area (Å²) >= 11 is 0. The smallest absolute Gasteiger partial charge is 0.274 e. The molecule has 0 fully saturated rings. The van der Waals surface area contributed by atoms with Gasteiger partial charge in [0.25, 0.3) is 10.1 Å². The van der Waals surface area contributed by atoms with Crippen molar-refractivity contribution in [2.45, 2.75) is 153 Å². The van der Waals surface area contributed by atoms with Gasteiger partial charge in [0, 0.05) is 73.2 Å². The maximum absolute atomic E-state index is 12.3. The molecule has 3 unspecified atom stereocenters. The van der Waals surface area contributed by atoms with Gasteiger partial charge < -0.3 is 38.4 Å². The normalized spacial score (nSPS) is 13.5. The summed E-state index contributed by atoms with van der Waals surface area (Å²) < 4.78 is 50.5. The van der Waals surface area contributed by atoms with E-state index in [-0.39, 0.29) is 24.7 Å². The molecule has 0 amide bonds. The number of hydrogen-bond acceptors (Lipinski definition) is 12. The van der Waals surface area contributed by atoms with E-state index in [2.05, 4.69) is 123 Å². The number of anilines is 2. The first-order chi connectivity index (χ1) is 36.4. The molecular weight excluding hydrogens is 981 g/mol. The van der Waals surface area contributed by atoms with Crippen LogP contribution in [0.2, 0.25) is 0 Å². The Kier molecular flexibility index (Phi) is 24.9. The van der Waals surface area contributed by atoms with Crippen molar-refractivity contribution in [2.24, 2.45) is 17.3 Å². The molecule has 2 aromatic carbocycles. The Morgan fingerprint density at radius 2 is 0.974 bits per heavy atom. The van der Waals surface area contributed by atoms with E-state index < -0.39 is 32.7 Å². The molecule has 418 valence electrons. The highest BCUT2D eigenvalue weighted by Gasteiger charge is 2.50. The summed E-state index contributed by atoms with van der Waals surface area (Å²) in [5.74, 6) is -2.55. The number of aliphatic carboxylic acids is 2. The van der Waals surface area contributed by atoms with Crippen LogP contribution in [-0.4, -0.2) is 92.5 Å². The fraction of sp³-hybridized carbons (Fsp3) is 0.567. The van der Waals surface area contributed by atoms with Crippen LogP contribution in [0.4, 0.5) is 11.4 Å². The largest absolute Gasteiger partial charge is 0.549 e. The number of aromatic nitrogens is 2. The average molecular weight is 1070 g/mol. The Hall–Kier alpha value is -5.87. The summed E-state index contributed by atoms with van der Waals surface area (Å²) in [6.45, 7) is 32.9. The first-order valence-electron chi connectivity index (χ1n) is 28.1. The molecule has 15 nitrogen and oxygen atoms in total. The molecule has 2 heterocycles. The zero-order chi connectivity index (χ0) is 56.2. The molecule has 3 atom stereocenters. The number of unbranched alkanes of at least 4 members (excludes halogenated alkanes) is 2. The predicted molar refractivity (Wildman–Crippen MR) is 305 cm³/mol. The number of carbonyl (C=O) groups excluding carboxylic acids is 2. The minimum atomic E-state index is -5.20. The highest BCUT2D eigenvalue weighted by molar-refractivity contribution is 7.87. The molecule has 6 rings (SSSR count). The Morgan fingerprint density at radius 1 is 0.592 bits per heavy atom. The Morgan fingerprint density at radius 3 is 1.26 bits per heavy atom. The van der Waals surface area contributed by atoms with E-state index in [0.29, 0.717) is 25.7 Å². The van der Waals surface area contributed by atoms with Crippen LogP contribution in [0.5, 0.6) is 0 Å². The zero-order valence-electron chi connectivity index (χ0n) is 47.7. The third kappa shape index (κ3) is 16.1. The van der Waals surface area contributed by atoms with Crippen molar-refractivity contribution >= 4 is 55.6 Å². The molecule has 2 aliphatic carbocycles. The molecule has 0 radical (unpaired) electrons. The van der Waals surface area contributed by atoms with Crippen LogP contribution in [-0.2, 0) is 19.7 Å². The lowest BCUT2D eigenvalue weighted by Gasteiger charge is -2.44. The van der Waals surface area contributed by atoms with E-state index in [1.165, 1.54) is 22.1 Å². The molecule has 16 heteroatoms. The maximum Gasteiger partial charge on any atom is 0.274 e. The van der Waals surface area contributed by atoms with E-state index in [9.17, 15) is 32.8 Å². The van der Waals surface area contributed by atoms with E-state index in [1.54, 1.807) is 0 Å². The number of carbonyl (C=O) groups is 2. The first-order valence-corrected chi connectivity index (χ1v) is 29.6. The van der Waals surface area contributed by atoms with Gasteiger partial charge in [0.1, 0.15) is 53.9 Å². The molecule has 0 bridgehead atoms. The van der Waals surface area contributed by atoms with Crippen molar-refractivity contribution < 1.29 is 41.6 Å². The molecule has 0 saturated heterocycles. The standard InChI is InChI=1S/2C20H26N3O.C20H38O7S/c2*1-5-22(6-2)15-9-11-17-19(13-15)24-20-14-16(23(7-3)8-4)10-12-18(20)21-17;1-5-9-11-15(7-3)13-20(19(23)24,14-16(8-4)12-10-6-2)17(18(21)22)28(25,26)27/h2*9-14H,5-8H2,1-4H3;15-17H,5-14H2,1-4H3,(H,21,22)(H,23,24)(H,25,26,27)/q2*+1;/p-2. The van der Waals surface area contributed by atoms with Gasteiger partial charge in [0.15, 0.2) is 22.7 Å². The van der Waals surface area contributed by atoms with Gasteiger partial charge in [-0.3, -0.25) is 4.55 Å². The van der Waals surface area contributed by atoms with E-state index in [1.807, 2.05) is 52.0 Å². The Balaban J connectivity index is 0.000000247. The van der Waals surface area contributed by atoms with E-state index >= 15 is 0 Å². The Bertz CT molecular complexity index is 2800. The second-order valence-corrected chi connectivity index (χ2v) is 21.1. The third-order valence-electron chi connectivity index (χ3n) is 15.0. The first kappa shape index (κ1) is 62.7. The molecular formula is C60H88N6O9S. The van der Waals surface area contributed by atoms with Gasteiger partial charge in [-0.05, 0) is 116 Å². The third-order valence-corrected chi connectivity index (χ3v) is 16.3. The number of rotatable bonds is 26. The van der Waals surface area contributed by atoms with Crippen LogP contribution < -0.4 is 39.9 Å². The minimum Gasteiger partial charge on any atom is -0.549 e. The summed E-state index contributed by atoms with van der Waals surface area (Å²) in [4.78, 5) is 38.1. The number of hydrogen-bond donors (Lipinski definition) is 1. The molecule has 1 N–H and O–H groups in total. The lowest BCUT2D eigenvalue weighted by atomic mass is 9.68. The summed E-state index contributed by atoms with van der Waals surface area (Å²) in [5.41, 5.74) is 5.39. The second-order valence-electron chi connectivity index (χ2n) is 19.6. The summed E-state index contributed by atoms with van der Waals surface area (Å²) in [7, 11) is -5.20. The van der Waals surface area contributed by atoms with Crippen molar-refractivity contribution in [3.63, 3.8) is 0 Å². The predicted octanol–water partition coefficient (Wildman–Crippen LogP) is 9.12. The highest BCUT2D eigenvalue weighted by Crippen LogP contribution is 2.43. The quantitative estimate of drug-likeness (QED) is 0.0307. The summed E-state index contributed by atoms with van der Waals surface area (Å²) in [6, 6.07) is 25.0. The van der Waals surface area contributed by atoms with Crippen LogP contribution in [0, 0.1) is 17.3 Å². The van der Waals surface area contributed by atoms with Crippen LogP contribution in [0.3, 0.4) is 0 Å². The number of benzene rings is 4. The van der Waals surface area contributed by atoms with Crippen LogP contribution in [0.25, 0.3) is 45.1 Å². The van der Waals surface area contributed by atoms with Crippen molar-refractivity contribution in [1.29, 1.82) is 0 Å². The van der Waals surface area contributed by atoms with E-state index in [4.69, 9.17) is 18.8 Å². The lowest BCUT2D eigenvalue weighted by molar-refractivity contribution is -0.329. The fourth-order valence-corrected chi connectivity index (χ4v) is 11.6. The monoisotopic (exact) mass is 1070 g/mol. The van der Waals surface area contributed by atoms with Gasteiger partial charge in [0.05, 0.1) is 18.1 Å². The molecule has 4 aliphatic rings. The molecule has 0 aromatic heterocycles. The van der Waals surface area contributed by atoms with Crippen molar-refractivity contribution in [1.82, 2.24) is 19.1 Å². The topological polar surface area (TPSA) is 199 Å². The van der Waals surface area contributed by atoms with Crippen molar-refractivity contribution in [3.8, 4) is 22.9 Å². The van der Waals surface area contributed by atoms with Crippen LogP contribution >= 0.6 is 0 Å². The second kappa shape index (κ2) is 30.2. The van der Waals surface area contributed by atoms with Gasteiger partial charge in [0.2, 0.25) is 10.7 Å². The van der Waals surface area contributed by atoms with Crippen molar-refractivity contribution in [2.75, 3.05) is 62.2 Å². The molecule has 2 aliphatic heterocycles. The number of carboxylic acids is 2.